The van der Waals surface area contributed by atoms with E-state index in [0.717, 1.165) is 88.3 Å². The van der Waals surface area contributed by atoms with Gasteiger partial charge in [0.25, 0.3) is 0 Å². The van der Waals surface area contributed by atoms with Gasteiger partial charge in [-0.05, 0) is 100 Å². The Balaban J connectivity index is 1.24. The van der Waals surface area contributed by atoms with Gasteiger partial charge in [-0.15, -0.1) is 0 Å². The summed E-state index contributed by atoms with van der Waals surface area (Å²) >= 11 is 0. The van der Waals surface area contributed by atoms with Gasteiger partial charge in [-0.25, -0.2) is 4.98 Å². The number of nitrogens with zero attached hydrogens (tertiary/aromatic N) is 2. The minimum absolute atomic E-state index is 0.623. The summed E-state index contributed by atoms with van der Waals surface area (Å²) in [6.45, 7) is 0. The lowest BCUT2D eigenvalue weighted by Crippen LogP contribution is -2.09. The minimum Gasteiger partial charge on any atom is -0.456 e. The zero-order valence-electron chi connectivity index (χ0n) is 26.4. The number of hydrogen-bond donors (Lipinski definition) is 0. The molecule has 0 N–H and O–H groups in total. The van der Waals surface area contributed by atoms with Crippen LogP contribution in [0.5, 0.6) is 0 Å². The van der Waals surface area contributed by atoms with Gasteiger partial charge in [-0.3, -0.25) is 0 Å². The van der Waals surface area contributed by atoms with Crippen LogP contribution in [0, 0.1) is 0 Å². The summed E-state index contributed by atoms with van der Waals surface area (Å²) in [7, 11) is 0. The predicted octanol–water partition coefficient (Wildman–Crippen LogP) is 12.8. The molecule has 2 heterocycles. The molecule has 0 aliphatic heterocycles. The highest BCUT2D eigenvalue weighted by Crippen LogP contribution is 2.44. The topological polar surface area (TPSA) is 42.4 Å². The van der Waals surface area contributed by atoms with Crippen molar-refractivity contribution in [3.63, 3.8) is 0 Å². The Morgan fingerprint density at radius 1 is 0.429 bits per heavy atom. The van der Waals surface area contributed by atoms with E-state index in [-0.39, 0.29) is 0 Å². The summed E-state index contributed by atoms with van der Waals surface area (Å²) in [6, 6.07) is 59.2. The number of fused-ring (bicyclic) bond motifs is 8. The number of oxazole rings is 1. The predicted molar refractivity (Wildman–Crippen MR) is 202 cm³/mol. The van der Waals surface area contributed by atoms with Crippen molar-refractivity contribution in [2.45, 2.75) is 0 Å². The monoisotopic (exact) mass is 628 g/mol. The maximum absolute atomic E-state index is 6.58. The number of aromatic nitrogens is 1. The van der Waals surface area contributed by atoms with Gasteiger partial charge in [0.05, 0.1) is 0 Å². The summed E-state index contributed by atoms with van der Waals surface area (Å²) < 4.78 is 12.8. The fourth-order valence-electron chi connectivity index (χ4n) is 7.19. The quantitative estimate of drug-likeness (QED) is 0.178. The SMILES string of the molecule is c1ccc(-c2nc3ccc4cc(-c5ccccc5)c5cc(N(c6ccccc6)c6ccc7oc8ccccc8c7c6)ccc5c4c3o2)cc1. The summed E-state index contributed by atoms with van der Waals surface area (Å²) in [4.78, 5) is 7.23. The highest BCUT2D eigenvalue weighted by Gasteiger charge is 2.20. The van der Waals surface area contributed by atoms with E-state index in [1.807, 2.05) is 42.5 Å². The van der Waals surface area contributed by atoms with Crippen molar-refractivity contribution in [3.05, 3.63) is 170 Å². The fraction of sp³-hybridized carbons (Fsp3) is 0. The summed E-state index contributed by atoms with van der Waals surface area (Å²) in [6.07, 6.45) is 0. The van der Waals surface area contributed by atoms with Crippen LogP contribution in [-0.4, -0.2) is 4.98 Å². The number of rotatable bonds is 5. The second-order valence-corrected chi connectivity index (χ2v) is 12.4. The number of furan rings is 1. The van der Waals surface area contributed by atoms with Crippen molar-refractivity contribution in [2.24, 2.45) is 0 Å². The molecular weight excluding hydrogens is 601 g/mol. The van der Waals surface area contributed by atoms with Crippen molar-refractivity contribution in [1.29, 1.82) is 0 Å². The van der Waals surface area contributed by atoms with E-state index in [4.69, 9.17) is 13.8 Å². The largest absolute Gasteiger partial charge is 0.456 e. The highest BCUT2D eigenvalue weighted by atomic mass is 16.3. The molecule has 0 aliphatic carbocycles. The molecule has 2 aromatic heterocycles. The van der Waals surface area contributed by atoms with Crippen molar-refractivity contribution >= 4 is 71.6 Å². The van der Waals surface area contributed by atoms with E-state index in [2.05, 4.69) is 132 Å². The van der Waals surface area contributed by atoms with Crippen LogP contribution in [0.1, 0.15) is 0 Å². The average molecular weight is 629 g/mol. The molecule has 0 bridgehead atoms. The van der Waals surface area contributed by atoms with Gasteiger partial charge in [-0.2, -0.15) is 0 Å². The van der Waals surface area contributed by atoms with Gasteiger partial charge in [0.2, 0.25) is 5.89 Å². The molecule has 0 spiro atoms. The first-order valence-corrected chi connectivity index (χ1v) is 16.5. The second kappa shape index (κ2) is 11.0. The van der Waals surface area contributed by atoms with Crippen LogP contribution in [0.15, 0.2) is 179 Å². The van der Waals surface area contributed by atoms with Crippen LogP contribution >= 0.6 is 0 Å². The normalized spacial score (nSPS) is 11.7. The average Bonchev–Trinajstić information content (AvgIpc) is 3.78. The number of anilines is 3. The van der Waals surface area contributed by atoms with E-state index in [1.165, 1.54) is 0 Å². The Morgan fingerprint density at radius 2 is 1.08 bits per heavy atom. The van der Waals surface area contributed by atoms with Gasteiger partial charge in [0, 0.05) is 38.8 Å². The van der Waals surface area contributed by atoms with Crippen LogP contribution < -0.4 is 4.90 Å². The van der Waals surface area contributed by atoms with Crippen molar-refractivity contribution in [2.75, 3.05) is 4.90 Å². The van der Waals surface area contributed by atoms with E-state index in [0.29, 0.717) is 5.89 Å². The van der Waals surface area contributed by atoms with Gasteiger partial charge >= 0.3 is 0 Å². The fourth-order valence-corrected chi connectivity index (χ4v) is 7.19. The third-order valence-corrected chi connectivity index (χ3v) is 9.45. The van der Waals surface area contributed by atoms with Gasteiger partial charge < -0.3 is 13.7 Å². The lowest BCUT2D eigenvalue weighted by Gasteiger charge is -2.26. The first-order chi connectivity index (χ1) is 24.3. The zero-order valence-corrected chi connectivity index (χ0v) is 26.4. The Hall–Kier alpha value is -6.65. The summed E-state index contributed by atoms with van der Waals surface area (Å²) in [5.74, 6) is 0.623. The summed E-state index contributed by atoms with van der Waals surface area (Å²) in [5, 5.41) is 6.62. The first kappa shape index (κ1) is 27.5. The van der Waals surface area contributed by atoms with Crippen molar-refractivity contribution < 1.29 is 8.83 Å². The molecular formula is C45H28N2O2. The molecule has 4 nitrogen and oxygen atoms in total. The molecule has 10 aromatic rings. The van der Waals surface area contributed by atoms with E-state index in [1.54, 1.807) is 0 Å². The van der Waals surface area contributed by atoms with E-state index in [9.17, 15) is 0 Å². The molecule has 4 heteroatoms. The zero-order chi connectivity index (χ0) is 32.3. The van der Waals surface area contributed by atoms with E-state index >= 15 is 0 Å². The van der Waals surface area contributed by atoms with E-state index < -0.39 is 0 Å². The third kappa shape index (κ3) is 4.49. The third-order valence-electron chi connectivity index (χ3n) is 9.45. The molecule has 0 aliphatic rings. The van der Waals surface area contributed by atoms with Crippen molar-refractivity contribution in [1.82, 2.24) is 4.98 Å². The van der Waals surface area contributed by atoms with Crippen molar-refractivity contribution in [3.8, 4) is 22.6 Å². The molecule has 49 heavy (non-hydrogen) atoms. The molecule has 0 unspecified atom stereocenters. The minimum atomic E-state index is 0.623. The van der Waals surface area contributed by atoms with Crippen LogP contribution in [0.4, 0.5) is 17.1 Å². The maximum atomic E-state index is 6.58. The number of benzene rings is 8. The van der Waals surface area contributed by atoms with Gasteiger partial charge in [0.15, 0.2) is 5.58 Å². The second-order valence-electron chi connectivity index (χ2n) is 12.4. The molecule has 0 fully saturated rings. The lowest BCUT2D eigenvalue weighted by atomic mass is 9.92. The smallest absolute Gasteiger partial charge is 0.227 e. The van der Waals surface area contributed by atoms with Crippen LogP contribution in [-0.2, 0) is 0 Å². The molecule has 0 saturated carbocycles. The van der Waals surface area contributed by atoms with Crippen LogP contribution in [0.25, 0.3) is 77.2 Å². The number of hydrogen-bond acceptors (Lipinski definition) is 4. The molecule has 0 saturated heterocycles. The van der Waals surface area contributed by atoms with Gasteiger partial charge in [-0.1, -0.05) is 97.1 Å². The Bertz CT molecular complexity index is 2820. The first-order valence-electron chi connectivity index (χ1n) is 16.5. The standard InChI is InChI=1S/C45H28N2O2/c1-4-12-29(13-5-1)37-26-31-20-24-40-44(49-45(46-40)30-14-6-2-7-15-30)43(31)36-23-21-33(27-38(36)37)47(32-16-8-3-9-17-32)34-22-25-42-39(28-34)35-18-10-11-19-41(35)48-42/h1-28H. The number of para-hydroxylation sites is 2. The lowest BCUT2D eigenvalue weighted by molar-refractivity contribution is 0.623. The maximum Gasteiger partial charge on any atom is 0.227 e. The van der Waals surface area contributed by atoms with Gasteiger partial charge in [0.1, 0.15) is 16.7 Å². The molecule has 8 aromatic carbocycles. The highest BCUT2D eigenvalue weighted by molar-refractivity contribution is 6.22. The molecule has 10 rings (SSSR count). The summed E-state index contributed by atoms with van der Waals surface area (Å²) in [5.41, 5.74) is 9.86. The molecule has 0 amide bonds. The Kier molecular flexibility index (Phi) is 6.15. The molecule has 0 radical (unpaired) electrons. The Labute approximate surface area is 282 Å². The molecule has 0 atom stereocenters. The Morgan fingerprint density at radius 3 is 1.88 bits per heavy atom. The molecule has 230 valence electrons. The van der Waals surface area contributed by atoms with Crippen LogP contribution in [0.3, 0.4) is 0 Å². The van der Waals surface area contributed by atoms with Crippen LogP contribution in [0.2, 0.25) is 0 Å².